The third kappa shape index (κ3) is 4.75. The van der Waals surface area contributed by atoms with Crippen LogP contribution in [0.15, 0.2) is 6.20 Å². The third-order valence-electron chi connectivity index (χ3n) is 4.44. The number of likely N-dealkylation sites (tertiary alicyclic amines) is 1. The molecule has 0 unspecified atom stereocenters. The molecule has 0 aliphatic carbocycles. The average Bonchev–Trinajstić information content (AvgIpc) is 2.89. The minimum atomic E-state index is -2.70. The van der Waals surface area contributed by atoms with Crippen LogP contribution in [-0.4, -0.2) is 39.7 Å². The molecule has 0 radical (unpaired) electrons. The first kappa shape index (κ1) is 18.8. The van der Waals surface area contributed by atoms with Crippen LogP contribution in [-0.2, 0) is 11.3 Å². The lowest BCUT2D eigenvalue weighted by Gasteiger charge is -2.33. The van der Waals surface area contributed by atoms with Crippen molar-refractivity contribution in [3.8, 4) is 0 Å². The number of hydrogen-bond donors (Lipinski definition) is 1. The molecule has 1 aromatic rings. The maximum atomic E-state index is 13.2. The predicted octanol–water partition coefficient (Wildman–Crippen LogP) is 3.54. The van der Waals surface area contributed by atoms with Gasteiger partial charge in [0.15, 0.2) is 5.69 Å². The summed E-state index contributed by atoms with van der Waals surface area (Å²) in [7, 11) is 0. The van der Waals surface area contributed by atoms with Gasteiger partial charge in [0.1, 0.15) is 0 Å². The number of carbonyl (C=O) groups excluding carboxylic acids is 1. The Balaban J connectivity index is 2.02. The van der Waals surface area contributed by atoms with Gasteiger partial charge in [-0.15, -0.1) is 0 Å². The average molecular weight is 342 g/mol. The van der Waals surface area contributed by atoms with E-state index >= 15 is 0 Å². The second-order valence-corrected chi connectivity index (χ2v) is 7.24. The SMILES string of the molecule is CC(C)Cn1cc(NC(=O)C2CCN(C(C)C)CC2)c(C(F)F)n1. The summed E-state index contributed by atoms with van der Waals surface area (Å²) < 4.78 is 27.8. The van der Waals surface area contributed by atoms with Crippen molar-refractivity contribution < 1.29 is 13.6 Å². The van der Waals surface area contributed by atoms with Gasteiger partial charge in [-0.05, 0) is 45.7 Å². The lowest BCUT2D eigenvalue weighted by molar-refractivity contribution is -0.121. The van der Waals surface area contributed by atoms with E-state index in [1.807, 2.05) is 13.8 Å². The lowest BCUT2D eigenvalue weighted by atomic mass is 9.95. The van der Waals surface area contributed by atoms with Gasteiger partial charge in [-0.25, -0.2) is 8.78 Å². The number of hydrogen-bond acceptors (Lipinski definition) is 3. The molecule has 0 spiro atoms. The number of rotatable bonds is 6. The molecular weight excluding hydrogens is 314 g/mol. The standard InChI is InChI=1S/C17H28F2N4O/c1-11(2)9-23-10-14(15(21-23)16(18)19)20-17(24)13-5-7-22(8-6-13)12(3)4/h10-13,16H,5-9H2,1-4H3,(H,20,24). The second-order valence-electron chi connectivity index (χ2n) is 7.24. The fourth-order valence-corrected chi connectivity index (χ4v) is 3.07. The number of halogens is 2. The van der Waals surface area contributed by atoms with E-state index in [0.29, 0.717) is 18.5 Å². The minimum Gasteiger partial charge on any atom is -0.323 e. The number of piperidine rings is 1. The van der Waals surface area contributed by atoms with E-state index < -0.39 is 6.43 Å². The van der Waals surface area contributed by atoms with E-state index in [1.54, 1.807) is 0 Å². The van der Waals surface area contributed by atoms with Gasteiger partial charge < -0.3 is 10.2 Å². The van der Waals surface area contributed by atoms with Crippen molar-refractivity contribution in [2.45, 2.75) is 59.5 Å². The molecule has 24 heavy (non-hydrogen) atoms. The van der Waals surface area contributed by atoms with E-state index in [0.717, 1.165) is 25.9 Å². The molecule has 1 amide bonds. The van der Waals surface area contributed by atoms with Gasteiger partial charge in [0.2, 0.25) is 5.91 Å². The highest BCUT2D eigenvalue weighted by Crippen LogP contribution is 2.27. The van der Waals surface area contributed by atoms with Gasteiger partial charge >= 0.3 is 0 Å². The molecular formula is C17H28F2N4O. The summed E-state index contributed by atoms with van der Waals surface area (Å²) in [5.41, 5.74) is -0.203. The number of nitrogens with zero attached hydrogens (tertiary/aromatic N) is 3. The molecule has 1 aliphatic heterocycles. The predicted molar refractivity (Wildman–Crippen MR) is 90.1 cm³/mol. The zero-order valence-electron chi connectivity index (χ0n) is 14.9. The lowest BCUT2D eigenvalue weighted by Crippen LogP contribution is -2.41. The van der Waals surface area contributed by atoms with Gasteiger partial charge in [-0.2, -0.15) is 5.10 Å². The van der Waals surface area contributed by atoms with Crippen molar-refractivity contribution in [2.24, 2.45) is 11.8 Å². The number of alkyl halides is 2. The zero-order valence-corrected chi connectivity index (χ0v) is 14.9. The van der Waals surface area contributed by atoms with Crippen molar-refractivity contribution in [1.82, 2.24) is 14.7 Å². The Bertz CT molecular complexity index is 549. The minimum absolute atomic E-state index is 0.126. The molecule has 0 atom stereocenters. The number of amides is 1. The molecule has 0 aromatic carbocycles. The molecule has 1 saturated heterocycles. The maximum absolute atomic E-state index is 13.2. The summed E-state index contributed by atoms with van der Waals surface area (Å²) in [4.78, 5) is 14.8. The van der Waals surface area contributed by atoms with Crippen LogP contribution in [0, 0.1) is 11.8 Å². The molecule has 0 bridgehead atoms. The largest absolute Gasteiger partial charge is 0.323 e. The normalized spacial score (nSPS) is 17.2. The molecule has 5 nitrogen and oxygen atoms in total. The molecule has 1 N–H and O–H groups in total. The highest BCUT2D eigenvalue weighted by Gasteiger charge is 2.28. The number of nitrogens with one attached hydrogen (secondary N) is 1. The van der Waals surface area contributed by atoms with E-state index in [4.69, 9.17) is 0 Å². The smallest absolute Gasteiger partial charge is 0.284 e. The molecule has 2 rings (SSSR count). The van der Waals surface area contributed by atoms with Crippen LogP contribution in [0.4, 0.5) is 14.5 Å². The maximum Gasteiger partial charge on any atom is 0.284 e. The summed E-state index contributed by atoms with van der Waals surface area (Å²) in [6.45, 7) is 10.5. The van der Waals surface area contributed by atoms with E-state index in [1.165, 1.54) is 10.9 Å². The van der Waals surface area contributed by atoms with Crippen LogP contribution in [0.25, 0.3) is 0 Å². The van der Waals surface area contributed by atoms with Crippen molar-refractivity contribution >= 4 is 11.6 Å². The highest BCUT2D eigenvalue weighted by molar-refractivity contribution is 5.93. The molecule has 7 heteroatoms. The van der Waals surface area contributed by atoms with Crippen LogP contribution in [0.3, 0.4) is 0 Å². The third-order valence-corrected chi connectivity index (χ3v) is 4.44. The van der Waals surface area contributed by atoms with Crippen molar-refractivity contribution in [2.75, 3.05) is 18.4 Å². The number of carbonyl (C=O) groups is 1. The Hall–Kier alpha value is -1.50. The van der Waals surface area contributed by atoms with Crippen LogP contribution < -0.4 is 5.32 Å². The fraction of sp³-hybridized carbons (Fsp3) is 0.765. The monoisotopic (exact) mass is 342 g/mol. The quantitative estimate of drug-likeness (QED) is 0.860. The fourth-order valence-electron chi connectivity index (χ4n) is 3.07. The van der Waals surface area contributed by atoms with E-state index in [2.05, 4.69) is 29.2 Å². The number of aromatic nitrogens is 2. The highest BCUT2D eigenvalue weighted by atomic mass is 19.3. The zero-order chi connectivity index (χ0) is 17.9. The molecule has 1 aliphatic rings. The second kappa shape index (κ2) is 8.05. The Morgan fingerprint density at radius 1 is 1.29 bits per heavy atom. The Kier molecular flexibility index (Phi) is 6.32. The van der Waals surface area contributed by atoms with Crippen LogP contribution in [0.1, 0.15) is 52.7 Å². The van der Waals surface area contributed by atoms with Crippen LogP contribution in [0.5, 0.6) is 0 Å². The van der Waals surface area contributed by atoms with Gasteiger partial charge in [-0.3, -0.25) is 9.48 Å². The summed E-state index contributed by atoms with van der Waals surface area (Å²) in [5, 5.41) is 6.61. The van der Waals surface area contributed by atoms with Gasteiger partial charge in [-0.1, -0.05) is 13.8 Å². The van der Waals surface area contributed by atoms with Crippen LogP contribution in [0.2, 0.25) is 0 Å². The van der Waals surface area contributed by atoms with Crippen LogP contribution >= 0.6 is 0 Å². The van der Waals surface area contributed by atoms with Gasteiger partial charge in [0, 0.05) is 24.7 Å². The summed E-state index contributed by atoms with van der Waals surface area (Å²) in [6, 6.07) is 0.466. The molecule has 0 saturated carbocycles. The molecule has 1 aromatic heterocycles. The molecule has 1 fully saturated rings. The van der Waals surface area contributed by atoms with Gasteiger partial charge in [0.25, 0.3) is 6.43 Å². The summed E-state index contributed by atoms with van der Waals surface area (Å²) in [6.07, 6.45) is 0.335. The first-order chi connectivity index (χ1) is 11.3. The van der Waals surface area contributed by atoms with E-state index in [9.17, 15) is 13.6 Å². The van der Waals surface area contributed by atoms with Crippen molar-refractivity contribution in [3.05, 3.63) is 11.9 Å². The first-order valence-corrected chi connectivity index (χ1v) is 8.68. The van der Waals surface area contributed by atoms with Gasteiger partial charge in [0.05, 0.1) is 5.69 Å². The Morgan fingerprint density at radius 2 is 1.92 bits per heavy atom. The summed E-state index contributed by atoms with van der Waals surface area (Å²) >= 11 is 0. The Labute approximate surface area is 142 Å². The molecule has 136 valence electrons. The Morgan fingerprint density at radius 3 is 2.42 bits per heavy atom. The topological polar surface area (TPSA) is 50.2 Å². The van der Waals surface area contributed by atoms with E-state index in [-0.39, 0.29) is 23.2 Å². The van der Waals surface area contributed by atoms with Crippen molar-refractivity contribution in [3.63, 3.8) is 0 Å². The first-order valence-electron chi connectivity index (χ1n) is 8.68. The van der Waals surface area contributed by atoms with Crippen molar-refractivity contribution in [1.29, 1.82) is 0 Å². The number of anilines is 1. The summed E-state index contributed by atoms with van der Waals surface area (Å²) in [5.74, 6) is -0.0114. The molecule has 2 heterocycles.